The third-order valence-corrected chi connectivity index (χ3v) is 7.31. The molecule has 170 valence electrons. The summed E-state index contributed by atoms with van der Waals surface area (Å²) in [5.41, 5.74) is 3.41. The van der Waals surface area contributed by atoms with Crippen molar-refractivity contribution >= 4 is 28.7 Å². The van der Waals surface area contributed by atoms with Crippen LogP contribution in [0.25, 0.3) is 28.2 Å². The summed E-state index contributed by atoms with van der Waals surface area (Å²) < 4.78 is 16.3. The van der Waals surface area contributed by atoms with E-state index in [1.807, 2.05) is 41.1 Å². The molecule has 2 aromatic carbocycles. The van der Waals surface area contributed by atoms with Crippen LogP contribution < -0.4 is 0 Å². The maximum atomic E-state index is 14.4. The molecule has 1 fully saturated rings. The van der Waals surface area contributed by atoms with Crippen molar-refractivity contribution in [2.75, 3.05) is 5.75 Å². The van der Waals surface area contributed by atoms with Crippen LogP contribution in [-0.2, 0) is 0 Å². The zero-order valence-electron chi connectivity index (χ0n) is 18.3. The lowest BCUT2D eigenvalue weighted by molar-refractivity contribution is 0.420. The Morgan fingerprint density at radius 1 is 1.21 bits per heavy atom. The highest BCUT2D eigenvalue weighted by Gasteiger charge is 2.31. The topological polar surface area (TPSA) is 87.6 Å². The third-order valence-electron chi connectivity index (χ3n) is 5.50. The molecule has 6 nitrogen and oxygen atoms in total. The standard InChI is InChI=1S/C25H20FN5OS2/c1-15-6-8-16(9-7-15)21-13-33-24(28-21)19(12-27)22(32)14-34-25-30-29-23(31(25)17-10-11-17)18-4-2-3-5-20(18)26/h2-9,13,17,32H,10-11,14H2,1H3/b22-19-. The zero-order valence-corrected chi connectivity index (χ0v) is 19.9. The zero-order chi connectivity index (χ0) is 23.7. The van der Waals surface area contributed by atoms with E-state index >= 15 is 0 Å². The molecule has 4 aromatic rings. The van der Waals surface area contributed by atoms with Crippen LogP contribution in [0.1, 0.15) is 29.5 Å². The highest BCUT2D eigenvalue weighted by Crippen LogP contribution is 2.41. The van der Waals surface area contributed by atoms with Gasteiger partial charge >= 0.3 is 0 Å². The Morgan fingerprint density at radius 2 is 1.97 bits per heavy atom. The minimum absolute atomic E-state index is 0.0740. The first-order valence-corrected chi connectivity index (χ1v) is 12.6. The molecule has 9 heteroatoms. The van der Waals surface area contributed by atoms with E-state index in [0.717, 1.165) is 29.7 Å². The van der Waals surface area contributed by atoms with Gasteiger partial charge in [-0.2, -0.15) is 5.26 Å². The molecule has 2 heterocycles. The summed E-state index contributed by atoms with van der Waals surface area (Å²) in [6.45, 7) is 2.02. The van der Waals surface area contributed by atoms with E-state index in [2.05, 4.69) is 21.3 Å². The number of nitriles is 1. The van der Waals surface area contributed by atoms with E-state index in [-0.39, 0.29) is 28.9 Å². The first kappa shape index (κ1) is 22.3. The lowest BCUT2D eigenvalue weighted by Crippen LogP contribution is -2.02. The maximum Gasteiger partial charge on any atom is 0.192 e. The Bertz CT molecular complexity index is 1410. The Morgan fingerprint density at radius 3 is 2.68 bits per heavy atom. The van der Waals surface area contributed by atoms with Crippen LogP contribution in [0, 0.1) is 24.1 Å². The van der Waals surface area contributed by atoms with Gasteiger partial charge < -0.3 is 5.11 Å². The lowest BCUT2D eigenvalue weighted by atomic mass is 10.1. The van der Waals surface area contributed by atoms with Crippen LogP contribution in [0.15, 0.2) is 64.8 Å². The van der Waals surface area contributed by atoms with Crippen molar-refractivity contribution in [1.82, 2.24) is 19.7 Å². The summed E-state index contributed by atoms with van der Waals surface area (Å²) in [5, 5.41) is 31.9. The van der Waals surface area contributed by atoms with E-state index in [0.29, 0.717) is 21.6 Å². The molecule has 34 heavy (non-hydrogen) atoms. The first-order chi connectivity index (χ1) is 16.5. The summed E-state index contributed by atoms with van der Waals surface area (Å²) in [6.07, 6.45) is 1.94. The number of thioether (sulfide) groups is 1. The maximum absolute atomic E-state index is 14.4. The van der Waals surface area contributed by atoms with Gasteiger partial charge in [-0.05, 0) is 31.9 Å². The van der Waals surface area contributed by atoms with Crippen molar-refractivity contribution in [3.63, 3.8) is 0 Å². The molecule has 0 radical (unpaired) electrons. The molecule has 1 saturated carbocycles. The van der Waals surface area contributed by atoms with Gasteiger partial charge in [0.15, 0.2) is 11.0 Å². The van der Waals surface area contributed by atoms with E-state index < -0.39 is 0 Å². The number of benzene rings is 2. The smallest absolute Gasteiger partial charge is 0.192 e. The molecule has 2 aromatic heterocycles. The van der Waals surface area contributed by atoms with E-state index in [9.17, 15) is 14.8 Å². The van der Waals surface area contributed by atoms with Gasteiger partial charge in [-0.1, -0.05) is 53.7 Å². The van der Waals surface area contributed by atoms with Crippen LogP contribution in [0.2, 0.25) is 0 Å². The number of thiazole rings is 1. The second-order valence-corrected chi connectivity index (χ2v) is 9.81. The number of rotatable bonds is 7. The third kappa shape index (κ3) is 4.47. The summed E-state index contributed by atoms with van der Waals surface area (Å²) >= 11 is 2.59. The largest absolute Gasteiger partial charge is 0.510 e. The molecular weight excluding hydrogens is 469 g/mol. The molecule has 0 saturated heterocycles. The van der Waals surface area contributed by atoms with Crippen LogP contribution in [0.4, 0.5) is 4.39 Å². The highest BCUT2D eigenvalue weighted by atomic mass is 32.2. The van der Waals surface area contributed by atoms with Crippen molar-refractivity contribution in [3.8, 4) is 28.7 Å². The molecule has 1 N–H and O–H groups in total. The van der Waals surface area contributed by atoms with Crippen molar-refractivity contribution in [1.29, 1.82) is 5.26 Å². The van der Waals surface area contributed by atoms with Gasteiger partial charge in [0, 0.05) is 17.0 Å². The fraction of sp³-hybridized carbons (Fsp3) is 0.200. The van der Waals surface area contributed by atoms with Gasteiger partial charge in [0.1, 0.15) is 28.2 Å². The monoisotopic (exact) mass is 489 g/mol. The number of hydrogen-bond donors (Lipinski definition) is 1. The normalized spacial score (nSPS) is 14.0. The molecule has 1 aliphatic rings. The molecule has 0 bridgehead atoms. The fourth-order valence-corrected chi connectivity index (χ4v) is 5.28. The average Bonchev–Trinajstić information content (AvgIpc) is 3.41. The number of halogens is 1. The van der Waals surface area contributed by atoms with Gasteiger partial charge in [0.05, 0.1) is 17.0 Å². The number of aliphatic hydroxyl groups excluding tert-OH is 1. The summed E-state index contributed by atoms with van der Waals surface area (Å²) in [6, 6.07) is 16.8. The Balaban J connectivity index is 1.39. The number of aryl methyl sites for hydroxylation is 1. The molecule has 1 aliphatic carbocycles. The molecule has 0 unspecified atom stereocenters. The quantitative estimate of drug-likeness (QED) is 0.183. The summed E-state index contributed by atoms with van der Waals surface area (Å²) in [4.78, 5) is 4.56. The van der Waals surface area contributed by atoms with Crippen molar-refractivity contribution in [2.45, 2.75) is 31.0 Å². The predicted octanol–water partition coefficient (Wildman–Crippen LogP) is 6.44. The minimum Gasteiger partial charge on any atom is -0.510 e. The van der Waals surface area contributed by atoms with Crippen molar-refractivity contribution in [3.05, 3.63) is 76.1 Å². The van der Waals surface area contributed by atoms with Crippen LogP contribution >= 0.6 is 23.1 Å². The number of allylic oxidation sites excluding steroid dienone is 1. The van der Waals surface area contributed by atoms with Gasteiger partial charge in [-0.15, -0.1) is 21.5 Å². The molecule has 0 amide bonds. The Labute approximate surface area is 204 Å². The van der Waals surface area contributed by atoms with Crippen LogP contribution in [-0.4, -0.2) is 30.6 Å². The predicted molar refractivity (Wildman–Crippen MR) is 132 cm³/mol. The average molecular weight is 490 g/mol. The number of nitrogens with zero attached hydrogens (tertiary/aromatic N) is 5. The fourth-order valence-electron chi connectivity index (χ4n) is 3.55. The molecular formula is C25H20FN5OS2. The van der Waals surface area contributed by atoms with Gasteiger partial charge in [0.2, 0.25) is 0 Å². The first-order valence-electron chi connectivity index (χ1n) is 10.7. The summed E-state index contributed by atoms with van der Waals surface area (Å²) in [5.74, 6) is 0.186. The lowest BCUT2D eigenvalue weighted by Gasteiger charge is -2.09. The SMILES string of the molecule is Cc1ccc(-c2csc(/C(C#N)=C(\O)CSc3nnc(-c4ccccc4F)n3C3CC3)n2)cc1. The molecule has 0 aliphatic heterocycles. The van der Waals surface area contributed by atoms with E-state index in [1.54, 1.807) is 18.2 Å². The Kier molecular flexibility index (Phi) is 6.18. The number of hydrogen-bond acceptors (Lipinski definition) is 7. The molecule has 5 rings (SSSR count). The van der Waals surface area contributed by atoms with Gasteiger partial charge in [-0.25, -0.2) is 9.37 Å². The van der Waals surface area contributed by atoms with E-state index in [1.165, 1.54) is 29.2 Å². The van der Waals surface area contributed by atoms with Crippen LogP contribution in [0.5, 0.6) is 0 Å². The van der Waals surface area contributed by atoms with Crippen molar-refractivity contribution < 1.29 is 9.50 Å². The highest BCUT2D eigenvalue weighted by molar-refractivity contribution is 7.99. The van der Waals surface area contributed by atoms with E-state index in [4.69, 9.17) is 0 Å². The second-order valence-electron chi connectivity index (χ2n) is 8.01. The van der Waals surface area contributed by atoms with Gasteiger partial charge in [0.25, 0.3) is 0 Å². The van der Waals surface area contributed by atoms with Crippen LogP contribution in [0.3, 0.4) is 0 Å². The molecule has 0 spiro atoms. The van der Waals surface area contributed by atoms with Crippen molar-refractivity contribution in [2.24, 2.45) is 0 Å². The second kappa shape index (κ2) is 9.41. The Hall–Kier alpha value is -3.48. The number of aliphatic hydroxyl groups is 1. The molecule has 0 atom stereocenters. The number of aromatic nitrogens is 4. The van der Waals surface area contributed by atoms with Gasteiger partial charge in [-0.3, -0.25) is 4.57 Å². The summed E-state index contributed by atoms with van der Waals surface area (Å²) in [7, 11) is 0. The minimum atomic E-state index is -0.351.